The van der Waals surface area contributed by atoms with E-state index >= 15 is 0 Å². The third-order valence-corrected chi connectivity index (χ3v) is 2.15. The van der Waals surface area contributed by atoms with Crippen LogP contribution in [0.1, 0.15) is 19.3 Å². The summed E-state index contributed by atoms with van der Waals surface area (Å²) in [6.45, 7) is -1.14. The van der Waals surface area contributed by atoms with Gasteiger partial charge >= 0.3 is 12.3 Å². The van der Waals surface area contributed by atoms with Crippen molar-refractivity contribution in [3.63, 3.8) is 0 Å². The van der Waals surface area contributed by atoms with E-state index in [4.69, 9.17) is 0 Å². The molecule has 0 atom stereocenters. The van der Waals surface area contributed by atoms with Crippen molar-refractivity contribution < 1.29 is 22.4 Å². The van der Waals surface area contributed by atoms with E-state index in [9.17, 15) is 22.4 Å². The third kappa shape index (κ3) is 4.78. The van der Waals surface area contributed by atoms with Crippen molar-refractivity contribution in [3.8, 4) is 0 Å². The molecule has 16 heavy (non-hydrogen) atoms. The zero-order chi connectivity index (χ0) is 12.2. The van der Waals surface area contributed by atoms with E-state index in [-0.39, 0.29) is 24.9 Å². The molecule has 0 radical (unpaired) electrons. The predicted molar refractivity (Wildman–Crippen MR) is 49.6 cm³/mol. The van der Waals surface area contributed by atoms with Gasteiger partial charge in [-0.3, -0.25) is 4.79 Å². The molecule has 1 rings (SSSR count). The van der Waals surface area contributed by atoms with Crippen molar-refractivity contribution in [2.75, 3.05) is 13.1 Å². The van der Waals surface area contributed by atoms with Gasteiger partial charge in [0, 0.05) is 19.0 Å². The Kier molecular flexibility index (Phi) is 4.52. The van der Waals surface area contributed by atoms with Crippen molar-refractivity contribution in [2.24, 2.45) is 0 Å². The Morgan fingerprint density at radius 1 is 1.38 bits per heavy atom. The van der Waals surface area contributed by atoms with Gasteiger partial charge in [-0.1, -0.05) is 0 Å². The number of hydrogen-bond donors (Lipinski definition) is 2. The molecule has 7 heteroatoms. The first-order valence-corrected chi connectivity index (χ1v) is 5.08. The Morgan fingerprint density at radius 3 is 2.50 bits per heavy atom. The highest BCUT2D eigenvalue weighted by Gasteiger charge is 2.39. The SMILES string of the molecule is O=C(CCNCC(F)(F)C(F)F)NC1CC1. The number of halogens is 4. The molecule has 0 unspecified atom stereocenters. The van der Waals surface area contributed by atoms with E-state index in [1.165, 1.54) is 0 Å². The summed E-state index contributed by atoms with van der Waals surface area (Å²) in [7, 11) is 0. The van der Waals surface area contributed by atoms with Crippen LogP contribution in [0.25, 0.3) is 0 Å². The molecule has 0 aromatic rings. The van der Waals surface area contributed by atoms with Gasteiger partial charge in [-0.15, -0.1) is 0 Å². The van der Waals surface area contributed by atoms with Gasteiger partial charge in [-0.05, 0) is 12.8 Å². The average molecular weight is 242 g/mol. The van der Waals surface area contributed by atoms with Crippen LogP contribution in [-0.4, -0.2) is 37.4 Å². The highest BCUT2D eigenvalue weighted by atomic mass is 19.3. The number of rotatable bonds is 7. The average Bonchev–Trinajstić information content (AvgIpc) is 2.96. The molecule has 2 N–H and O–H groups in total. The lowest BCUT2D eigenvalue weighted by Crippen LogP contribution is -2.40. The lowest BCUT2D eigenvalue weighted by Gasteiger charge is -2.15. The van der Waals surface area contributed by atoms with Gasteiger partial charge in [0.15, 0.2) is 0 Å². The molecule has 0 aliphatic heterocycles. The Hall–Kier alpha value is -0.850. The molecule has 1 aliphatic rings. The van der Waals surface area contributed by atoms with Crippen LogP contribution in [0.15, 0.2) is 0 Å². The Morgan fingerprint density at radius 2 is 2.00 bits per heavy atom. The molecule has 0 heterocycles. The predicted octanol–water partition coefficient (Wildman–Crippen LogP) is 1.15. The van der Waals surface area contributed by atoms with Crippen LogP contribution in [0, 0.1) is 0 Å². The third-order valence-electron chi connectivity index (χ3n) is 2.15. The molecule has 1 aliphatic carbocycles. The van der Waals surface area contributed by atoms with Crippen LogP contribution < -0.4 is 10.6 Å². The summed E-state index contributed by atoms with van der Waals surface area (Å²) in [6, 6.07) is 0.218. The Balaban J connectivity index is 2.04. The lowest BCUT2D eigenvalue weighted by molar-refractivity contribution is -0.126. The summed E-state index contributed by atoms with van der Waals surface area (Å²) in [6.07, 6.45) is -1.76. The van der Waals surface area contributed by atoms with Gasteiger partial charge in [-0.2, -0.15) is 8.78 Å². The number of nitrogens with one attached hydrogen (secondary N) is 2. The molecular formula is C9H14F4N2O. The van der Waals surface area contributed by atoms with Crippen molar-refractivity contribution in [3.05, 3.63) is 0 Å². The minimum absolute atomic E-state index is 0.0236. The molecular weight excluding hydrogens is 228 g/mol. The van der Waals surface area contributed by atoms with E-state index in [2.05, 4.69) is 10.6 Å². The second kappa shape index (κ2) is 5.47. The van der Waals surface area contributed by atoms with Gasteiger partial charge in [0.1, 0.15) is 0 Å². The van der Waals surface area contributed by atoms with Crippen molar-refractivity contribution in [1.29, 1.82) is 0 Å². The highest BCUT2D eigenvalue weighted by Crippen LogP contribution is 2.21. The van der Waals surface area contributed by atoms with Crippen molar-refractivity contribution in [2.45, 2.75) is 37.7 Å². The summed E-state index contributed by atoms with van der Waals surface area (Å²) in [4.78, 5) is 11.1. The maximum Gasteiger partial charge on any atom is 0.319 e. The largest absolute Gasteiger partial charge is 0.353 e. The zero-order valence-electron chi connectivity index (χ0n) is 8.61. The van der Waals surface area contributed by atoms with Gasteiger partial charge in [0.25, 0.3) is 0 Å². The Bertz CT molecular complexity index is 244. The maximum absolute atomic E-state index is 12.4. The van der Waals surface area contributed by atoms with Crippen molar-refractivity contribution in [1.82, 2.24) is 10.6 Å². The topological polar surface area (TPSA) is 41.1 Å². The van der Waals surface area contributed by atoms with E-state index in [1.807, 2.05) is 0 Å². The molecule has 1 saturated carbocycles. The molecule has 0 aromatic carbocycles. The number of carbonyl (C=O) groups is 1. The summed E-state index contributed by atoms with van der Waals surface area (Å²) in [5, 5.41) is 4.80. The van der Waals surface area contributed by atoms with Crippen molar-refractivity contribution >= 4 is 5.91 Å². The summed E-state index contributed by atoms with van der Waals surface area (Å²) < 4.78 is 48.2. The number of alkyl halides is 4. The second-order valence-electron chi connectivity index (χ2n) is 3.83. The number of carbonyl (C=O) groups excluding carboxylic acids is 1. The standard InChI is InChI=1S/C9H14F4N2O/c10-8(11)9(12,13)5-14-4-3-7(16)15-6-1-2-6/h6,8,14H,1-5H2,(H,15,16). The first kappa shape index (κ1) is 13.2. The lowest BCUT2D eigenvalue weighted by atomic mass is 10.3. The van der Waals surface area contributed by atoms with Crippen LogP contribution in [0.3, 0.4) is 0 Å². The van der Waals surface area contributed by atoms with E-state index < -0.39 is 18.9 Å². The number of amides is 1. The minimum atomic E-state index is -4.03. The monoisotopic (exact) mass is 242 g/mol. The first-order valence-electron chi connectivity index (χ1n) is 5.08. The maximum atomic E-state index is 12.4. The Labute approximate surface area is 90.6 Å². The van der Waals surface area contributed by atoms with Gasteiger partial charge in [-0.25, -0.2) is 8.78 Å². The van der Waals surface area contributed by atoms with Crippen LogP contribution in [-0.2, 0) is 4.79 Å². The normalized spacial score (nSPS) is 16.6. The summed E-state index contributed by atoms with van der Waals surface area (Å²) in [5.74, 6) is -4.28. The summed E-state index contributed by atoms with van der Waals surface area (Å²) >= 11 is 0. The molecule has 0 spiro atoms. The van der Waals surface area contributed by atoms with E-state index in [0.29, 0.717) is 0 Å². The minimum Gasteiger partial charge on any atom is -0.353 e. The molecule has 0 bridgehead atoms. The number of hydrogen-bond acceptors (Lipinski definition) is 2. The smallest absolute Gasteiger partial charge is 0.319 e. The van der Waals surface area contributed by atoms with Gasteiger partial charge < -0.3 is 10.6 Å². The fourth-order valence-corrected chi connectivity index (χ4v) is 1.06. The fourth-order valence-electron chi connectivity index (χ4n) is 1.06. The molecule has 3 nitrogen and oxygen atoms in total. The van der Waals surface area contributed by atoms with Crippen LogP contribution >= 0.6 is 0 Å². The quantitative estimate of drug-likeness (QED) is 0.519. The highest BCUT2D eigenvalue weighted by molar-refractivity contribution is 5.76. The molecule has 0 saturated heterocycles. The van der Waals surface area contributed by atoms with E-state index in [0.717, 1.165) is 12.8 Å². The first-order chi connectivity index (χ1) is 7.42. The van der Waals surface area contributed by atoms with Crippen LogP contribution in [0.2, 0.25) is 0 Å². The van der Waals surface area contributed by atoms with Crippen LogP contribution in [0.4, 0.5) is 17.6 Å². The molecule has 1 fully saturated rings. The molecule has 1 amide bonds. The van der Waals surface area contributed by atoms with E-state index in [1.54, 1.807) is 0 Å². The van der Waals surface area contributed by atoms with Crippen LogP contribution in [0.5, 0.6) is 0 Å². The molecule has 0 aromatic heterocycles. The zero-order valence-corrected chi connectivity index (χ0v) is 8.61. The fraction of sp³-hybridized carbons (Fsp3) is 0.889. The van der Waals surface area contributed by atoms with Gasteiger partial charge in [0.2, 0.25) is 5.91 Å². The second-order valence-corrected chi connectivity index (χ2v) is 3.83. The molecule has 94 valence electrons. The summed E-state index contributed by atoms with van der Waals surface area (Å²) in [5.41, 5.74) is 0. The van der Waals surface area contributed by atoms with Gasteiger partial charge in [0.05, 0.1) is 6.54 Å².